The van der Waals surface area contributed by atoms with Crippen LogP contribution in [0.5, 0.6) is 0 Å². The molecule has 0 aliphatic heterocycles. The van der Waals surface area contributed by atoms with E-state index < -0.39 is 0 Å². The molecule has 0 saturated carbocycles. The molecule has 1 amide bonds. The number of carbonyl (C=O) groups is 1. The molecule has 126 valence electrons. The lowest BCUT2D eigenvalue weighted by Crippen LogP contribution is -2.25. The van der Waals surface area contributed by atoms with Gasteiger partial charge in [-0.3, -0.25) is 9.89 Å². The zero-order valence-electron chi connectivity index (χ0n) is 14.3. The number of benzene rings is 1. The Morgan fingerprint density at radius 2 is 2.04 bits per heavy atom. The van der Waals surface area contributed by atoms with Gasteiger partial charge in [0.25, 0.3) is 0 Å². The van der Waals surface area contributed by atoms with E-state index in [0.717, 1.165) is 36.2 Å². The molecule has 3 rings (SSSR count). The van der Waals surface area contributed by atoms with Crippen LogP contribution in [-0.2, 0) is 17.6 Å². The Kier molecular flexibility index (Phi) is 4.99. The van der Waals surface area contributed by atoms with Crippen molar-refractivity contribution in [1.82, 2.24) is 20.5 Å². The molecule has 0 atom stereocenters. The number of aryl methyl sites for hydroxylation is 3. The zero-order valence-corrected chi connectivity index (χ0v) is 14.3. The van der Waals surface area contributed by atoms with Crippen molar-refractivity contribution in [2.75, 3.05) is 6.54 Å². The van der Waals surface area contributed by atoms with Gasteiger partial charge in [0, 0.05) is 35.8 Å². The lowest BCUT2D eigenvalue weighted by molar-refractivity contribution is -0.121. The molecule has 0 spiro atoms. The number of nitrogens with one attached hydrogen (secondary N) is 3. The van der Waals surface area contributed by atoms with Crippen LogP contribution in [0.2, 0.25) is 0 Å². The first kappa shape index (κ1) is 16.3. The first-order chi connectivity index (χ1) is 11.6. The molecular weight excluding hydrogens is 300 g/mol. The number of aromatic amines is 2. The number of H-pyrrole nitrogens is 2. The average molecular weight is 324 g/mol. The number of aromatic nitrogens is 3. The number of amides is 1. The predicted molar refractivity (Wildman–Crippen MR) is 96.0 cm³/mol. The van der Waals surface area contributed by atoms with E-state index in [9.17, 15) is 4.79 Å². The van der Waals surface area contributed by atoms with E-state index in [2.05, 4.69) is 32.6 Å². The number of hydrogen-bond donors (Lipinski definition) is 3. The number of carbonyl (C=O) groups excluding carboxylic acids is 1. The molecule has 1 aromatic carbocycles. The summed E-state index contributed by atoms with van der Waals surface area (Å²) in [4.78, 5) is 15.3. The molecule has 0 radical (unpaired) electrons. The summed E-state index contributed by atoms with van der Waals surface area (Å²) >= 11 is 0. The van der Waals surface area contributed by atoms with Gasteiger partial charge < -0.3 is 10.3 Å². The van der Waals surface area contributed by atoms with E-state index in [1.54, 1.807) is 0 Å². The summed E-state index contributed by atoms with van der Waals surface area (Å²) in [5, 5.41) is 11.4. The van der Waals surface area contributed by atoms with Crippen LogP contribution in [0.25, 0.3) is 10.9 Å². The molecule has 0 bridgehead atoms. The van der Waals surface area contributed by atoms with E-state index in [-0.39, 0.29) is 5.91 Å². The summed E-state index contributed by atoms with van der Waals surface area (Å²) in [6, 6.07) is 8.27. The van der Waals surface area contributed by atoms with Crippen LogP contribution >= 0.6 is 0 Å². The fraction of sp³-hybridized carbons (Fsp3) is 0.368. The maximum atomic E-state index is 12.0. The Morgan fingerprint density at radius 1 is 1.21 bits per heavy atom. The molecule has 0 aliphatic rings. The zero-order chi connectivity index (χ0) is 16.9. The van der Waals surface area contributed by atoms with Crippen LogP contribution in [0, 0.1) is 13.8 Å². The van der Waals surface area contributed by atoms with Crippen LogP contribution in [-0.4, -0.2) is 27.6 Å². The molecule has 3 N–H and O–H groups in total. The maximum absolute atomic E-state index is 12.0. The molecule has 0 unspecified atom stereocenters. The predicted octanol–water partition coefficient (Wildman–Crippen LogP) is 3.19. The highest BCUT2D eigenvalue weighted by Gasteiger charge is 2.08. The van der Waals surface area contributed by atoms with Crippen molar-refractivity contribution in [3.63, 3.8) is 0 Å². The van der Waals surface area contributed by atoms with Crippen molar-refractivity contribution < 1.29 is 4.79 Å². The Balaban J connectivity index is 1.41. The minimum absolute atomic E-state index is 0.119. The van der Waals surface area contributed by atoms with Crippen LogP contribution in [0.15, 0.2) is 30.5 Å². The van der Waals surface area contributed by atoms with E-state index in [4.69, 9.17) is 0 Å². The van der Waals surface area contributed by atoms with E-state index in [0.29, 0.717) is 13.0 Å². The molecule has 2 heterocycles. The third-order valence-corrected chi connectivity index (χ3v) is 4.50. The molecule has 0 fully saturated rings. The van der Waals surface area contributed by atoms with Gasteiger partial charge in [0.15, 0.2) is 0 Å². The lowest BCUT2D eigenvalue weighted by Gasteiger charge is -2.05. The van der Waals surface area contributed by atoms with Gasteiger partial charge in [-0.1, -0.05) is 18.2 Å². The van der Waals surface area contributed by atoms with Gasteiger partial charge >= 0.3 is 0 Å². The number of rotatable bonds is 7. The third-order valence-electron chi connectivity index (χ3n) is 4.50. The van der Waals surface area contributed by atoms with Crippen LogP contribution in [0.1, 0.15) is 35.4 Å². The fourth-order valence-electron chi connectivity index (χ4n) is 3.14. The summed E-state index contributed by atoms with van der Waals surface area (Å²) in [6.07, 6.45) is 5.20. The molecule has 5 nitrogen and oxygen atoms in total. The summed E-state index contributed by atoms with van der Waals surface area (Å²) < 4.78 is 0. The van der Waals surface area contributed by atoms with Gasteiger partial charge in [-0.15, -0.1) is 0 Å². The van der Waals surface area contributed by atoms with Gasteiger partial charge in [0.05, 0.1) is 5.69 Å². The van der Waals surface area contributed by atoms with E-state index in [1.165, 1.54) is 16.5 Å². The van der Waals surface area contributed by atoms with Gasteiger partial charge in [-0.05, 0) is 50.3 Å². The van der Waals surface area contributed by atoms with Crippen molar-refractivity contribution in [2.45, 2.75) is 39.5 Å². The van der Waals surface area contributed by atoms with Crippen LogP contribution in [0.3, 0.4) is 0 Å². The number of para-hydroxylation sites is 1. The fourth-order valence-corrected chi connectivity index (χ4v) is 3.14. The molecule has 5 heteroatoms. The second-order valence-electron chi connectivity index (χ2n) is 6.23. The molecule has 0 saturated heterocycles. The van der Waals surface area contributed by atoms with E-state index in [1.807, 2.05) is 32.2 Å². The minimum atomic E-state index is 0.119. The van der Waals surface area contributed by atoms with Crippen LogP contribution in [0.4, 0.5) is 0 Å². The largest absolute Gasteiger partial charge is 0.361 e. The van der Waals surface area contributed by atoms with Crippen molar-refractivity contribution in [1.29, 1.82) is 0 Å². The second kappa shape index (κ2) is 7.34. The highest BCUT2D eigenvalue weighted by atomic mass is 16.1. The standard InChI is InChI=1S/C19H24N4O/c1-13-16(14(2)23-22-13)10-11-20-19(24)9-5-6-15-12-21-18-8-4-3-7-17(15)18/h3-4,7-8,12,21H,5-6,9-11H2,1-2H3,(H,20,24)(H,22,23). The second-order valence-corrected chi connectivity index (χ2v) is 6.23. The van der Waals surface area contributed by atoms with Crippen molar-refractivity contribution in [3.05, 3.63) is 53.0 Å². The first-order valence-electron chi connectivity index (χ1n) is 8.47. The SMILES string of the molecule is Cc1n[nH]c(C)c1CCNC(=O)CCCc1c[nH]c2ccccc12. The van der Waals surface area contributed by atoms with Gasteiger partial charge in [0.1, 0.15) is 0 Å². The van der Waals surface area contributed by atoms with Gasteiger partial charge in [0.2, 0.25) is 5.91 Å². The number of fused-ring (bicyclic) bond motifs is 1. The Labute approximate surface area is 141 Å². The van der Waals surface area contributed by atoms with Gasteiger partial charge in [-0.25, -0.2) is 0 Å². The summed E-state index contributed by atoms with van der Waals surface area (Å²) in [5.41, 5.74) is 5.74. The Hall–Kier alpha value is -2.56. The summed E-state index contributed by atoms with van der Waals surface area (Å²) in [6.45, 7) is 4.66. The van der Waals surface area contributed by atoms with E-state index >= 15 is 0 Å². The van der Waals surface area contributed by atoms with Crippen molar-refractivity contribution in [3.8, 4) is 0 Å². The van der Waals surface area contributed by atoms with Crippen molar-refractivity contribution >= 4 is 16.8 Å². The molecular formula is C19H24N4O. The van der Waals surface area contributed by atoms with Crippen LogP contribution < -0.4 is 5.32 Å². The number of hydrogen-bond acceptors (Lipinski definition) is 2. The maximum Gasteiger partial charge on any atom is 0.220 e. The monoisotopic (exact) mass is 324 g/mol. The number of nitrogens with zero attached hydrogens (tertiary/aromatic N) is 1. The molecule has 24 heavy (non-hydrogen) atoms. The Bertz CT molecular complexity index is 811. The Morgan fingerprint density at radius 3 is 2.83 bits per heavy atom. The summed E-state index contributed by atoms with van der Waals surface area (Å²) in [7, 11) is 0. The first-order valence-corrected chi connectivity index (χ1v) is 8.47. The highest BCUT2D eigenvalue weighted by Crippen LogP contribution is 2.19. The highest BCUT2D eigenvalue weighted by molar-refractivity contribution is 5.83. The minimum Gasteiger partial charge on any atom is -0.361 e. The summed E-state index contributed by atoms with van der Waals surface area (Å²) in [5.74, 6) is 0.119. The lowest BCUT2D eigenvalue weighted by atomic mass is 10.1. The normalized spacial score (nSPS) is 11.1. The molecule has 2 aromatic heterocycles. The molecule has 0 aliphatic carbocycles. The average Bonchev–Trinajstić information content (AvgIpc) is 3.13. The topological polar surface area (TPSA) is 73.6 Å². The third kappa shape index (κ3) is 3.67. The smallest absolute Gasteiger partial charge is 0.220 e. The van der Waals surface area contributed by atoms with Gasteiger partial charge in [-0.2, -0.15) is 5.10 Å². The molecule has 3 aromatic rings. The quantitative estimate of drug-likeness (QED) is 0.624. The van der Waals surface area contributed by atoms with Crippen molar-refractivity contribution in [2.24, 2.45) is 0 Å².